The topological polar surface area (TPSA) is 53.2 Å². The zero-order valence-corrected chi connectivity index (χ0v) is 7.13. The third-order valence-electron chi connectivity index (χ3n) is 1.62. The van der Waals surface area contributed by atoms with E-state index in [1.54, 1.807) is 6.07 Å². The lowest BCUT2D eigenvalue weighted by atomic mass is 10.1. The lowest BCUT2D eigenvalue weighted by Gasteiger charge is -2.06. The highest BCUT2D eigenvalue weighted by molar-refractivity contribution is 5.46. The van der Waals surface area contributed by atoms with E-state index in [1.807, 2.05) is 0 Å². The summed E-state index contributed by atoms with van der Waals surface area (Å²) in [7, 11) is 0. The molecule has 0 unspecified atom stereocenters. The van der Waals surface area contributed by atoms with Crippen LogP contribution in [0.2, 0.25) is 0 Å². The lowest BCUT2D eigenvalue weighted by Crippen LogP contribution is -1.98. The highest BCUT2D eigenvalue weighted by Gasteiger charge is 2.11. The van der Waals surface area contributed by atoms with Crippen LogP contribution in [0.25, 0.3) is 0 Å². The SMILES string of the molecule is N#Cc1c(F)cc(CO)cc1OCF. The molecule has 0 bridgehead atoms. The van der Waals surface area contributed by atoms with Crippen LogP contribution in [0.3, 0.4) is 0 Å². The van der Waals surface area contributed by atoms with Crippen LogP contribution in [-0.2, 0) is 6.61 Å². The second-order valence-corrected chi connectivity index (χ2v) is 2.47. The Morgan fingerprint density at radius 2 is 2.21 bits per heavy atom. The van der Waals surface area contributed by atoms with Gasteiger partial charge in [-0.15, -0.1) is 0 Å². The van der Waals surface area contributed by atoms with Gasteiger partial charge in [0.05, 0.1) is 6.61 Å². The Morgan fingerprint density at radius 1 is 1.50 bits per heavy atom. The maximum Gasteiger partial charge on any atom is 0.228 e. The van der Waals surface area contributed by atoms with Gasteiger partial charge in [0, 0.05) is 0 Å². The third-order valence-corrected chi connectivity index (χ3v) is 1.62. The first kappa shape index (κ1) is 10.4. The first-order valence-corrected chi connectivity index (χ1v) is 3.75. The summed E-state index contributed by atoms with van der Waals surface area (Å²) in [6, 6.07) is 3.78. The summed E-state index contributed by atoms with van der Waals surface area (Å²) in [5.41, 5.74) is -0.134. The first-order valence-electron chi connectivity index (χ1n) is 3.75. The van der Waals surface area contributed by atoms with Crippen LogP contribution in [0.4, 0.5) is 8.78 Å². The second kappa shape index (κ2) is 4.53. The minimum absolute atomic E-state index is 0.195. The molecular weight excluding hydrogens is 192 g/mol. The van der Waals surface area contributed by atoms with Crippen molar-refractivity contribution in [1.29, 1.82) is 5.26 Å². The van der Waals surface area contributed by atoms with Crippen molar-refractivity contribution < 1.29 is 18.6 Å². The number of halogens is 2. The van der Waals surface area contributed by atoms with Gasteiger partial charge in [-0.3, -0.25) is 0 Å². The third kappa shape index (κ3) is 1.98. The normalized spacial score (nSPS) is 9.57. The maximum atomic E-state index is 13.1. The summed E-state index contributed by atoms with van der Waals surface area (Å²) >= 11 is 0. The number of aliphatic hydroxyl groups is 1. The van der Waals surface area contributed by atoms with Crippen LogP contribution in [0.1, 0.15) is 11.1 Å². The van der Waals surface area contributed by atoms with Gasteiger partial charge in [-0.05, 0) is 17.7 Å². The van der Waals surface area contributed by atoms with Crippen LogP contribution in [0.5, 0.6) is 5.75 Å². The van der Waals surface area contributed by atoms with Crippen LogP contribution >= 0.6 is 0 Å². The van der Waals surface area contributed by atoms with Crippen LogP contribution < -0.4 is 4.74 Å². The molecule has 5 heteroatoms. The summed E-state index contributed by atoms with van der Waals surface area (Å²) in [6.45, 7) is -1.55. The van der Waals surface area contributed by atoms with Crippen molar-refractivity contribution >= 4 is 0 Å². The number of ether oxygens (including phenoxy) is 1. The van der Waals surface area contributed by atoms with Gasteiger partial charge in [0.15, 0.2) is 0 Å². The van der Waals surface area contributed by atoms with Gasteiger partial charge >= 0.3 is 0 Å². The molecule has 0 fully saturated rings. The minimum Gasteiger partial charge on any atom is -0.461 e. The van der Waals surface area contributed by atoms with Gasteiger partial charge in [0.2, 0.25) is 6.86 Å². The number of hydrogen-bond acceptors (Lipinski definition) is 3. The molecule has 0 spiro atoms. The van der Waals surface area contributed by atoms with Gasteiger partial charge in [0.1, 0.15) is 23.2 Å². The molecule has 1 rings (SSSR count). The molecule has 14 heavy (non-hydrogen) atoms. The molecule has 0 radical (unpaired) electrons. The van der Waals surface area contributed by atoms with E-state index in [9.17, 15) is 8.78 Å². The van der Waals surface area contributed by atoms with Crippen molar-refractivity contribution in [3.63, 3.8) is 0 Å². The monoisotopic (exact) mass is 199 g/mol. The smallest absolute Gasteiger partial charge is 0.228 e. The molecule has 0 heterocycles. The predicted molar refractivity (Wildman–Crippen MR) is 43.6 cm³/mol. The average Bonchev–Trinajstić information content (AvgIpc) is 2.18. The quantitative estimate of drug-likeness (QED) is 0.802. The van der Waals surface area contributed by atoms with E-state index in [2.05, 4.69) is 4.74 Å². The van der Waals surface area contributed by atoms with E-state index in [0.29, 0.717) is 0 Å². The van der Waals surface area contributed by atoms with E-state index in [0.717, 1.165) is 6.07 Å². The molecule has 1 aromatic carbocycles. The molecule has 0 amide bonds. The number of nitriles is 1. The fraction of sp³-hybridized carbons (Fsp3) is 0.222. The van der Waals surface area contributed by atoms with Gasteiger partial charge in [0.25, 0.3) is 0 Å². The van der Waals surface area contributed by atoms with Crippen LogP contribution in [0, 0.1) is 17.1 Å². The Kier molecular flexibility index (Phi) is 3.37. The molecule has 0 saturated carbocycles. The standard InChI is InChI=1S/C9H7F2NO2/c10-5-14-9-2-6(4-13)1-8(11)7(9)3-12/h1-2,13H,4-5H2. The molecule has 0 atom stereocenters. The van der Waals surface area contributed by atoms with E-state index < -0.39 is 19.3 Å². The fourth-order valence-corrected chi connectivity index (χ4v) is 1.01. The van der Waals surface area contributed by atoms with E-state index in [-0.39, 0.29) is 16.9 Å². The number of alkyl halides is 1. The van der Waals surface area contributed by atoms with Crippen molar-refractivity contribution in [2.24, 2.45) is 0 Å². The van der Waals surface area contributed by atoms with Gasteiger partial charge in [-0.1, -0.05) is 0 Å². The zero-order chi connectivity index (χ0) is 10.6. The molecule has 0 aromatic heterocycles. The summed E-state index contributed by atoms with van der Waals surface area (Å²) in [5.74, 6) is -1.03. The number of hydrogen-bond donors (Lipinski definition) is 1. The molecule has 0 aliphatic rings. The van der Waals surface area contributed by atoms with Gasteiger partial charge < -0.3 is 9.84 Å². The zero-order valence-electron chi connectivity index (χ0n) is 7.13. The molecule has 74 valence electrons. The Hall–Kier alpha value is -1.67. The molecule has 1 N–H and O–H groups in total. The first-order chi connectivity index (χ1) is 6.72. The molecule has 0 aliphatic heterocycles. The van der Waals surface area contributed by atoms with Crippen molar-refractivity contribution in [3.8, 4) is 11.8 Å². The second-order valence-electron chi connectivity index (χ2n) is 2.47. The summed E-state index contributed by atoms with van der Waals surface area (Å²) < 4.78 is 29.3. The minimum atomic E-state index is -1.15. The van der Waals surface area contributed by atoms with Crippen molar-refractivity contribution in [3.05, 3.63) is 29.1 Å². The van der Waals surface area contributed by atoms with Crippen LogP contribution in [0.15, 0.2) is 12.1 Å². The molecule has 3 nitrogen and oxygen atoms in total. The maximum absolute atomic E-state index is 13.1. The number of benzene rings is 1. The van der Waals surface area contributed by atoms with Crippen molar-refractivity contribution in [1.82, 2.24) is 0 Å². The van der Waals surface area contributed by atoms with Gasteiger partial charge in [-0.2, -0.15) is 5.26 Å². The largest absolute Gasteiger partial charge is 0.461 e. The molecule has 0 aliphatic carbocycles. The summed E-state index contributed by atoms with van der Waals surface area (Å²) in [4.78, 5) is 0. The van der Waals surface area contributed by atoms with Crippen molar-refractivity contribution in [2.45, 2.75) is 6.61 Å². The fourth-order valence-electron chi connectivity index (χ4n) is 1.01. The Bertz CT molecular complexity index is 374. The predicted octanol–water partition coefficient (Wildman–Crippen LogP) is 1.50. The molecular formula is C9H7F2NO2. The Morgan fingerprint density at radius 3 is 2.71 bits per heavy atom. The van der Waals surface area contributed by atoms with Crippen LogP contribution in [-0.4, -0.2) is 12.0 Å². The summed E-state index contributed by atoms with van der Waals surface area (Å²) in [5, 5.41) is 17.3. The molecule has 1 aromatic rings. The van der Waals surface area contributed by atoms with E-state index >= 15 is 0 Å². The highest BCUT2D eigenvalue weighted by atomic mass is 19.1. The Balaban J connectivity index is 3.22. The van der Waals surface area contributed by atoms with Gasteiger partial charge in [-0.25, -0.2) is 8.78 Å². The highest BCUT2D eigenvalue weighted by Crippen LogP contribution is 2.23. The van der Waals surface area contributed by atoms with E-state index in [4.69, 9.17) is 10.4 Å². The number of rotatable bonds is 3. The van der Waals surface area contributed by atoms with E-state index in [1.165, 1.54) is 6.07 Å². The molecule has 0 saturated heterocycles. The number of nitrogens with zero attached hydrogens (tertiary/aromatic N) is 1. The Labute approximate surface area is 79.2 Å². The van der Waals surface area contributed by atoms with Crippen molar-refractivity contribution in [2.75, 3.05) is 6.86 Å². The lowest BCUT2D eigenvalue weighted by molar-refractivity contribution is 0.189. The summed E-state index contributed by atoms with van der Waals surface area (Å²) in [6.07, 6.45) is 0. The number of aliphatic hydroxyl groups excluding tert-OH is 1. The average molecular weight is 199 g/mol.